The van der Waals surface area contributed by atoms with E-state index in [1.54, 1.807) is 0 Å². The fourth-order valence-corrected chi connectivity index (χ4v) is 3.54. The first-order valence-corrected chi connectivity index (χ1v) is 7.97. The highest BCUT2D eigenvalue weighted by Gasteiger charge is 2.31. The molecule has 0 spiro atoms. The van der Waals surface area contributed by atoms with Crippen LogP contribution in [0.1, 0.15) is 38.2 Å². The number of hydrogen-bond acceptors (Lipinski definition) is 3. The molecule has 20 heavy (non-hydrogen) atoms. The van der Waals surface area contributed by atoms with E-state index in [0.29, 0.717) is 18.0 Å². The van der Waals surface area contributed by atoms with Crippen LogP contribution in [0.5, 0.6) is 5.75 Å². The Kier molecular flexibility index (Phi) is 4.27. The molecular weight excluding hydrogens is 248 g/mol. The molecule has 1 N–H and O–H groups in total. The summed E-state index contributed by atoms with van der Waals surface area (Å²) in [5.41, 5.74) is 1.40. The zero-order chi connectivity index (χ0) is 13.9. The number of nitrogens with zero attached hydrogens (tertiary/aromatic N) is 1. The quantitative estimate of drug-likeness (QED) is 0.913. The molecule has 0 amide bonds. The van der Waals surface area contributed by atoms with Crippen molar-refractivity contribution in [3.8, 4) is 5.75 Å². The van der Waals surface area contributed by atoms with E-state index in [-0.39, 0.29) is 0 Å². The maximum atomic E-state index is 5.83. The van der Waals surface area contributed by atoms with E-state index in [1.807, 2.05) is 0 Å². The molecule has 1 saturated heterocycles. The van der Waals surface area contributed by atoms with Gasteiger partial charge in [0.25, 0.3) is 0 Å². The van der Waals surface area contributed by atoms with Gasteiger partial charge in [-0.3, -0.25) is 4.90 Å². The molecule has 3 rings (SSSR count). The second-order valence-corrected chi connectivity index (χ2v) is 6.25. The predicted octanol–water partition coefficient (Wildman–Crippen LogP) is 2.63. The largest absolute Gasteiger partial charge is 0.493 e. The van der Waals surface area contributed by atoms with Crippen molar-refractivity contribution in [2.24, 2.45) is 0 Å². The molecule has 0 aromatic heterocycles. The van der Waals surface area contributed by atoms with Crippen LogP contribution in [0.25, 0.3) is 0 Å². The Balaban J connectivity index is 1.69. The average molecular weight is 274 g/mol. The number of rotatable bonds is 4. The third kappa shape index (κ3) is 2.84. The normalized spacial score (nSPS) is 30.0. The maximum absolute atomic E-state index is 5.83. The summed E-state index contributed by atoms with van der Waals surface area (Å²) in [6, 6.07) is 9.80. The Morgan fingerprint density at radius 1 is 1.35 bits per heavy atom. The van der Waals surface area contributed by atoms with Gasteiger partial charge in [-0.15, -0.1) is 0 Å². The van der Waals surface area contributed by atoms with Gasteiger partial charge in [-0.25, -0.2) is 0 Å². The lowest BCUT2D eigenvalue weighted by atomic mass is 9.97. The van der Waals surface area contributed by atoms with Crippen LogP contribution in [-0.2, 0) is 0 Å². The van der Waals surface area contributed by atoms with Crippen molar-refractivity contribution in [3.63, 3.8) is 0 Å². The summed E-state index contributed by atoms with van der Waals surface area (Å²) in [6.45, 7) is 8.83. The van der Waals surface area contributed by atoms with Crippen molar-refractivity contribution < 1.29 is 4.74 Å². The number of hydrogen-bond donors (Lipinski definition) is 1. The molecule has 0 aliphatic carbocycles. The number of benzene rings is 1. The van der Waals surface area contributed by atoms with Crippen LogP contribution >= 0.6 is 0 Å². The molecule has 1 aromatic carbocycles. The monoisotopic (exact) mass is 274 g/mol. The topological polar surface area (TPSA) is 24.5 Å². The predicted molar refractivity (Wildman–Crippen MR) is 82.4 cm³/mol. The highest BCUT2D eigenvalue weighted by atomic mass is 16.5. The summed E-state index contributed by atoms with van der Waals surface area (Å²) < 4.78 is 5.83. The summed E-state index contributed by atoms with van der Waals surface area (Å²) in [7, 11) is 0. The van der Waals surface area contributed by atoms with E-state index in [9.17, 15) is 0 Å². The molecule has 1 fully saturated rings. The van der Waals surface area contributed by atoms with Crippen LogP contribution in [0, 0.1) is 0 Å². The van der Waals surface area contributed by atoms with Crippen molar-refractivity contribution in [1.29, 1.82) is 0 Å². The van der Waals surface area contributed by atoms with Gasteiger partial charge < -0.3 is 10.1 Å². The van der Waals surface area contributed by atoms with Crippen molar-refractivity contribution in [1.82, 2.24) is 10.2 Å². The Labute approximate surface area is 122 Å². The lowest BCUT2D eigenvalue weighted by Crippen LogP contribution is -2.56. The molecule has 110 valence electrons. The fraction of sp³-hybridized carbons (Fsp3) is 0.647. The van der Waals surface area contributed by atoms with Crippen molar-refractivity contribution in [2.75, 3.05) is 26.2 Å². The van der Waals surface area contributed by atoms with Gasteiger partial charge in [-0.2, -0.15) is 0 Å². The molecule has 2 aliphatic rings. The number of nitrogens with one attached hydrogen (secondary N) is 1. The minimum Gasteiger partial charge on any atom is -0.493 e. The fourth-order valence-electron chi connectivity index (χ4n) is 3.54. The molecule has 1 aromatic rings. The Morgan fingerprint density at radius 2 is 2.20 bits per heavy atom. The molecule has 3 atom stereocenters. The smallest absolute Gasteiger partial charge is 0.122 e. The molecule has 3 nitrogen and oxygen atoms in total. The molecule has 0 bridgehead atoms. The van der Waals surface area contributed by atoms with Crippen LogP contribution in [0.2, 0.25) is 0 Å². The van der Waals surface area contributed by atoms with Crippen molar-refractivity contribution in [2.45, 2.75) is 44.7 Å². The van der Waals surface area contributed by atoms with E-state index < -0.39 is 0 Å². The van der Waals surface area contributed by atoms with E-state index in [1.165, 1.54) is 18.4 Å². The van der Waals surface area contributed by atoms with Gasteiger partial charge in [0.1, 0.15) is 5.75 Å². The van der Waals surface area contributed by atoms with E-state index >= 15 is 0 Å². The van der Waals surface area contributed by atoms with Crippen LogP contribution in [0.15, 0.2) is 24.3 Å². The van der Waals surface area contributed by atoms with Crippen molar-refractivity contribution >= 4 is 0 Å². The molecule has 2 aliphatic heterocycles. The van der Waals surface area contributed by atoms with Gasteiger partial charge in [0, 0.05) is 43.2 Å². The number of ether oxygens (including phenoxy) is 1. The van der Waals surface area contributed by atoms with Crippen LogP contribution in [-0.4, -0.2) is 43.2 Å². The first kappa shape index (κ1) is 13.9. The second-order valence-electron chi connectivity index (χ2n) is 6.25. The maximum Gasteiger partial charge on any atom is 0.122 e. The number of para-hydroxylation sites is 1. The number of piperazine rings is 1. The van der Waals surface area contributed by atoms with E-state index in [0.717, 1.165) is 32.0 Å². The first-order valence-electron chi connectivity index (χ1n) is 7.97. The molecule has 3 unspecified atom stereocenters. The summed E-state index contributed by atoms with van der Waals surface area (Å²) in [5, 5.41) is 3.62. The third-order valence-electron chi connectivity index (χ3n) is 4.60. The molecular formula is C17H26N2O. The van der Waals surface area contributed by atoms with Gasteiger partial charge in [0.2, 0.25) is 0 Å². The van der Waals surface area contributed by atoms with Gasteiger partial charge >= 0.3 is 0 Å². The van der Waals surface area contributed by atoms with Gasteiger partial charge in [0.15, 0.2) is 0 Å². The number of fused-ring (bicyclic) bond motifs is 1. The lowest BCUT2D eigenvalue weighted by molar-refractivity contribution is 0.115. The van der Waals surface area contributed by atoms with Gasteiger partial charge in [-0.1, -0.05) is 31.5 Å². The highest BCUT2D eigenvalue weighted by Crippen LogP contribution is 2.34. The van der Waals surface area contributed by atoms with Gasteiger partial charge in [-0.05, 0) is 19.4 Å². The summed E-state index contributed by atoms with van der Waals surface area (Å²) >= 11 is 0. The lowest BCUT2D eigenvalue weighted by Gasteiger charge is -2.40. The molecule has 0 saturated carbocycles. The van der Waals surface area contributed by atoms with Crippen LogP contribution < -0.4 is 10.1 Å². The standard InChI is InChI=1S/C17H26N2O/c1-3-6-15-9-18-13(2)10-19(15)11-14-12-20-17-8-5-4-7-16(14)17/h4-5,7-8,13-15,18H,3,6,9-12H2,1-2H3. The zero-order valence-corrected chi connectivity index (χ0v) is 12.6. The van der Waals surface area contributed by atoms with Gasteiger partial charge in [0.05, 0.1) is 6.61 Å². The second kappa shape index (κ2) is 6.15. The van der Waals surface area contributed by atoms with Crippen LogP contribution in [0.3, 0.4) is 0 Å². The summed E-state index contributed by atoms with van der Waals surface area (Å²) in [5.74, 6) is 1.63. The van der Waals surface area contributed by atoms with Crippen molar-refractivity contribution in [3.05, 3.63) is 29.8 Å². The zero-order valence-electron chi connectivity index (χ0n) is 12.6. The Morgan fingerprint density at radius 3 is 3.05 bits per heavy atom. The minimum atomic E-state index is 0.538. The third-order valence-corrected chi connectivity index (χ3v) is 4.60. The molecule has 0 radical (unpaired) electrons. The summed E-state index contributed by atoms with van der Waals surface area (Å²) in [4.78, 5) is 2.68. The Hall–Kier alpha value is -1.06. The van der Waals surface area contributed by atoms with E-state index in [2.05, 4.69) is 48.3 Å². The minimum absolute atomic E-state index is 0.538. The van der Waals surface area contributed by atoms with E-state index in [4.69, 9.17) is 4.74 Å². The molecule has 2 heterocycles. The Bertz CT molecular complexity index is 448. The highest BCUT2D eigenvalue weighted by molar-refractivity contribution is 5.39. The summed E-state index contributed by atoms with van der Waals surface area (Å²) in [6.07, 6.45) is 2.55. The molecule has 3 heteroatoms. The first-order chi connectivity index (χ1) is 9.78. The van der Waals surface area contributed by atoms with Crippen LogP contribution in [0.4, 0.5) is 0 Å². The SMILES string of the molecule is CCCC1CNC(C)CN1CC1COc2ccccc21. The average Bonchev–Trinajstić information content (AvgIpc) is 2.86.